The van der Waals surface area contributed by atoms with Crippen molar-refractivity contribution in [3.8, 4) is 5.75 Å². The zero-order chi connectivity index (χ0) is 10.2. The minimum atomic E-state index is 0.0554. The van der Waals surface area contributed by atoms with E-state index < -0.39 is 0 Å². The molecule has 0 amide bonds. The highest BCUT2D eigenvalue weighted by atomic mass is 16.5. The van der Waals surface area contributed by atoms with Gasteiger partial charge in [0, 0.05) is 0 Å². The molecule has 14 heavy (non-hydrogen) atoms. The van der Waals surface area contributed by atoms with Crippen molar-refractivity contribution in [3.05, 3.63) is 42.7 Å². The fraction of sp³-hybridized carbons (Fsp3) is 0.273. The monoisotopic (exact) mass is 194 g/mol. The summed E-state index contributed by atoms with van der Waals surface area (Å²) in [6.45, 7) is 4.46. The molecule has 0 aromatic heterocycles. The second-order valence-corrected chi connectivity index (χ2v) is 2.69. The van der Waals surface area contributed by atoms with Crippen LogP contribution in [0.1, 0.15) is 5.56 Å². The summed E-state index contributed by atoms with van der Waals surface area (Å²) >= 11 is 0. The Morgan fingerprint density at radius 2 is 1.93 bits per heavy atom. The second-order valence-electron chi connectivity index (χ2n) is 2.69. The first-order valence-corrected chi connectivity index (χ1v) is 4.42. The smallest absolute Gasteiger partial charge is 0.122 e. The van der Waals surface area contributed by atoms with Crippen molar-refractivity contribution in [2.45, 2.75) is 6.61 Å². The Morgan fingerprint density at radius 3 is 2.50 bits per heavy atom. The highest BCUT2D eigenvalue weighted by Gasteiger charge is 1.93. The summed E-state index contributed by atoms with van der Waals surface area (Å²) in [6.07, 6.45) is 1.39. The Hall–Kier alpha value is -1.48. The van der Waals surface area contributed by atoms with Crippen LogP contribution in [0.2, 0.25) is 0 Å². The minimum Gasteiger partial charge on any atom is -0.498 e. The lowest BCUT2D eigenvalue weighted by Crippen LogP contribution is -2.03. The van der Waals surface area contributed by atoms with Crippen molar-refractivity contribution in [1.29, 1.82) is 0 Å². The van der Waals surface area contributed by atoms with Crippen LogP contribution >= 0.6 is 0 Å². The van der Waals surface area contributed by atoms with Gasteiger partial charge < -0.3 is 14.6 Å². The summed E-state index contributed by atoms with van der Waals surface area (Å²) in [7, 11) is 0. The van der Waals surface area contributed by atoms with Crippen molar-refractivity contribution >= 4 is 0 Å². The first kappa shape index (κ1) is 10.6. The predicted octanol–water partition coefficient (Wildman–Crippen LogP) is 1.72. The van der Waals surface area contributed by atoms with E-state index in [4.69, 9.17) is 14.6 Å². The van der Waals surface area contributed by atoms with Gasteiger partial charge in [0.1, 0.15) is 19.0 Å². The van der Waals surface area contributed by atoms with Gasteiger partial charge in [-0.15, -0.1) is 0 Å². The Morgan fingerprint density at radius 1 is 1.21 bits per heavy atom. The molecule has 0 aliphatic heterocycles. The third-order valence-electron chi connectivity index (χ3n) is 1.69. The molecule has 0 radical (unpaired) electrons. The highest BCUT2D eigenvalue weighted by molar-refractivity contribution is 5.26. The van der Waals surface area contributed by atoms with Crippen LogP contribution in [0.3, 0.4) is 0 Å². The lowest BCUT2D eigenvalue weighted by atomic mass is 10.2. The number of aliphatic hydroxyl groups excluding tert-OH is 1. The average molecular weight is 194 g/mol. The number of aliphatic hydroxyl groups is 1. The predicted molar refractivity (Wildman–Crippen MR) is 54.0 cm³/mol. The molecule has 0 saturated heterocycles. The van der Waals surface area contributed by atoms with Gasteiger partial charge in [-0.25, -0.2) is 0 Å². The van der Waals surface area contributed by atoms with E-state index in [2.05, 4.69) is 6.58 Å². The van der Waals surface area contributed by atoms with E-state index in [1.165, 1.54) is 6.26 Å². The van der Waals surface area contributed by atoms with Crippen molar-refractivity contribution in [2.24, 2.45) is 0 Å². The van der Waals surface area contributed by atoms with Crippen LogP contribution in [0.5, 0.6) is 5.75 Å². The van der Waals surface area contributed by atoms with Crippen molar-refractivity contribution in [2.75, 3.05) is 13.2 Å². The van der Waals surface area contributed by atoms with Gasteiger partial charge in [-0.1, -0.05) is 18.7 Å². The summed E-state index contributed by atoms with van der Waals surface area (Å²) in [5, 5.41) is 8.80. The van der Waals surface area contributed by atoms with Gasteiger partial charge >= 0.3 is 0 Å². The normalized spacial score (nSPS) is 9.50. The summed E-state index contributed by atoms with van der Waals surface area (Å²) < 4.78 is 10.3. The van der Waals surface area contributed by atoms with Gasteiger partial charge in [-0.2, -0.15) is 0 Å². The summed E-state index contributed by atoms with van der Waals surface area (Å²) in [5.74, 6) is 0.773. The van der Waals surface area contributed by atoms with E-state index in [1.807, 2.05) is 24.3 Å². The molecule has 0 spiro atoms. The lowest BCUT2D eigenvalue weighted by Gasteiger charge is -2.05. The van der Waals surface area contributed by atoms with Gasteiger partial charge in [0.2, 0.25) is 0 Å². The van der Waals surface area contributed by atoms with Crippen LogP contribution in [-0.4, -0.2) is 18.3 Å². The largest absolute Gasteiger partial charge is 0.498 e. The standard InChI is InChI=1S/C11H14O3/c1-2-13-7-8-14-11-5-3-10(9-12)4-6-11/h2-6,12H,1,7-9H2. The molecular formula is C11H14O3. The first-order valence-electron chi connectivity index (χ1n) is 4.42. The number of benzene rings is 1. The number of ether oxygens (including phenoxy) is 2. The van der Waals surface area contributed by atoms with Gasteiger partial charge in [0.25, 0.3) is 0 Å². The zero-order valence-electron chi connectivity index (χ0n) is 7.98. The van der Waals surface area contributed by atoms with E-state index in [0.29, 0.717) is 13.2 Å². The third-order valence-corrected chi connectivity index (χ3v) is 1.69. The van der Waals surface area contributed by atoms with Crippen molar-refractivity contribution < 1.29 is 14.6 Å². The molecule has 0 unspecified atom stereocenters. The van der Waals surface area contributed by atoms with Crippen LogP contribution in [0.4, 0.5) is 0 Å². The Labute approximate surface area is 83.6 Å². The molecule has 76 valence electrons. The molecule has 0 bridgehead atoms. The van der Waals surface area contributed by atoms with Gasteiger partial charge in [-0.3, -0.25) is 0 Å². The fourth-order valence-electron chi connectivity index (χ4n) is 0.982. The van der Waals surface area contributed by atoms with Crippen LogP contribution < -0.4 is 4.74 Å². The van der Waals surface area contributed by atoms with E-state index in [1.54, 1.807) is 0 Å². The quantitative estimate of drug-likeness (QED) is 0.553. The maximum absolute atomic E-state index is 8.80. The minimum absolute atomic E-state index is 0.0554. The number of hydrogen-bond donors (Lipinski definition) is 1. The Kier molecular flexibility index (Phi) is 4.58. The fourth-order valence-corrected chi connectivity index (χ4v) is 0.982. The molecule has 3 heteroatoms. The van der Waals surface area contributed by atoms with Crippen LogP contribution in [0.25, 0.3) is 0 Å². The van der Waals surface area contributed by atoms with E-state index in [0.717, 1.165) is 11.3 Å². The highest BCUT2D eigenvalue weighted by Crippen LogP contribution is 2.11. The van der Waals surface area contributed by atoms with Gasteiger partial charge in [0.05, 0.1) is 12.9 Å². The van der Waals surface area contributed by atoms with Crippen LogP contribution in [-0.2, 0) is 11.3 Å². The van der Waals surface area contributed by atoms with E-state index >= 15 is 0 Å². The molecule has 0 aliphatic carbocycles. The second kappa shape index (κ2) is 6.05. The first-order chi connectivity index (χ1) is 6.86. The van der Waals surface area contributed by atoms with Crippen molar-refractivity contribution in [1.82, 2.24) is 0 Å². The number of rotatable bonds is 6. The summed E-state index contributed by atoms with van der Waals surface area (Å²) in [6, 6.07) is 7.28. The topological polar surface area (TPSA) is 38.7 Å². The van der Waals surface area contributed by atoms with Crippen LogP contribution in [0.15, 0.2) is 37.1 Å². The third kappa shape index (κ3) is 3.49. The molecule has 1 aromatic rings. The molecule has 1 rings (SSSR count). The molecule has 1 aromatic carbocycles. The Bertz CT molecular complexity index is 266. The molecule has 0 fully saturated rings. The molecule has 0 saturated carbocycles. The van der Waals surface area contributed by atoms with E-state index in [9.17, 15) is 0 Å². The molecular weight excluding hydrogens is 180 g/mol. The number of hydrogen-bond acceptors (Lipinski definition) is 3. The lowest BCUT2D eigenvalue weighted by molar-refractivity contribution is 0.179. The molecule has 0 heterocycles. The molecule has 0 aliphatic rings. The molecule has 0 atom stereocenters. The van der Waals surface area contributed by atoms with Crippen LogP contribution in [0, 0.1) is 0 Å². The molecule has 3 nitrogen and oxygen atoms in total. The van der Waals surface area contributed by atoms with Crippen molar-refractivity contribution in [3.63, 3.8) is 0 Å². The van der Waals surface area contributed by atoms with E-state index in [-0.39, 0.29) is 6.61 Å². The Balaban J connectivity index is 2.32. The SMILES string of the molecule is C=COCCOc1ccc(CO)cc1. The maximum Gasteiger partial charge on any atom is 0.122 e. The zero-order valence-corrected chi connectivity index (χ0v) is 7.98. The van der Waals surface area contributed by atoms with Gasteiger partial charge in [0.15, 0.2) is 0 Å². The summed E-state index contributed by atoms with van der Waals surface area (Å²) in [4.78, 5) is 0. The van der Waals surface area contributed by atoms with Gasteiger partial charge in [-0.05, 0) is 17.7 Å². The molecule has 1 N–H and O–H groups in total. The summed E-state index contributed by atoms with van der Waals surface area (Å²) in [5.41, 5.74) is 0.875. The average Bonchev–Trinajstić information content (AvgIpc) is 2.25. The maximum atomic E-state index is 8.80.